The number of hydrogen-bond donors (Lipinski definition) is 0. The van der Waals surface area contributed by atoms with E-state index in [4.69, 9.17) is 16.9 Å². The van der Waals surface area contributed by atoms with Crippen molar-refractivity contribution in [3.63, 3.8) is 0 Å². The van der Waals surface area contributed by atoms with Gasteiger partial charge in [0.15, 0.2) is 0 Å². The lowest BCUT2D eigenvalue weighted by molar-refractivity contribution is 1.40. The Balaban J connectivity index is 2.84. The van der Waals surface area contributed by atoms with E-state index in [-0.39, 0.29) is 0 Å². The van der Waals surface area contributed by atoms with Crippen molar-refractivity contribution >= 4 is 33.0 Å². The van der Waals surface area contributed by atoms with Gasteiger partial charge in [-0.3, -0.25) is 0 Å². The molecule has 1 aromatic heterocycles. The first-order valence-electron chi connectivity index (χ1n) is 4.23. The zero-order valence-electron chi connectivity index (χ0n) is 7.67. The van der Waals surface area contributed by atoms with E-state index >= 15 is 0 Å². The van der Waals surface area contributed by atoms with Gasteiger partial charge >= 0.3 is 0 Å². The number of thiophene rings is 1. The van der Waals surface area contributed by atoms with E-state index in [2.05, 4.69) is 24.4 Å². The van der Waals surface area contributed by atoms with Crippen LogP contribution in [0.25, 0.3) is 10.1 Å². The van der Waals surface area contributed by atoms with Crippen molar-refractivity contribution in [3.05, 3.63) is 34.2 Å². The summed E-state index contributed by atoms with van der Waals surface area (Å²) in [6.45, 7) is 2.05. The zero-order valence-corrected chi connectivity index (χ0v) is 9.25. The molecule has 0 aliphatic heterocycles. The molecular formula is C11H8ClNS. The van der Waals surface area contributed by atoms with Gasteiger partial charge in [-0.15, -0.1) is 22.9 Å². The molecular weight excluding hydrogens is 214 g/mol. The number of fused-ring (bicyclic) bond motifs is 1. The predicted octanol–water partition coefficient (Wildman–Crippen LogP) is 3.82. The highest BCUT2D eigenvalue weighted by Gasteiger charge is 2.07. The molecule has 0 radical (unpaired) electrons. The number of alkyl halides is 1. The van der Waals surface area contributed by atoms with Crippen LogP contribution in [0.2, 0.25) is 0 Å². The quantitative estimate of drug-likeness (QED) is 0.672. The maximum atomic E-state index is 8.98. The highest BCUT2D eigenvalue weighted by atomic mass is 35.5. The normalized spacial score (nSPS) is 10.4. The van der Waals surface area contributed by atoms with Gasteiger partial charge in [0.25, 0.3) is 0 Å². The molecule has 0 atom stereocenters. The average molecular weight is 222 g/mol. The van der Waals surface area contributed by atoms with Crippen molar-refractivity contribution < 1.29 is 0 Å². The molecule has 2 rings (SSSR count). The van der Waals surface area contributed by atoms with Crippen LogP contribution < -0.4 is 0 Å². The number of hydrogen-bond acceptors (Lipinski definition) is 2. The summed E-state index contributed by atoms with van der Waals surface area (Å²) in [6.07, 6.45) is 0. The van der Waals surface area contributed by atoms with Crippen molar-refractivity contribution in [1.29, 1.82) is 5.26 Å². The number of aryl methyl sites for hydroxylation is 1. The molecule has 1 aromatic carbocycles. The van der Waals surface area contributed by atoms with E-state index < -0.39 is 0 Å². The molecule has 0 fully saturated rings. The van der Waals surface area contributed by atoms with Gasteiger partial charge in [0.05, 0.1) is 10.3 Å². The van der Waals surface area contributed by atoms with E-state index in [1.165, 1.54) is 5.56 Å². The number of nitriles is 1. The SMILES string of the molecule is Cc1csc2c(C#N)cc(CCl)cc12. The molecule has 1 heterocycles. The van der Waals surface area contributed by atoms with E-state index in [1.54, 1.807) is 11.3 Å². The lowest BCUT2D eigenvalue weighted by Crippen LogP contribution is -1.82. The summed E-state index contributed by atoms with van der Waals surface area (Å²) >= 11 is 7.39. The van der Waals surface area contributed by atoms with Crippen LogP contribution in [0.1, 0.15) is 16.7 Å². The maximum absolute atomic E-state index is 8.98. The molecule has 0 spiro atoms. The first-order valence-corrected chi connectivity index (χ1v) is 5.64. The van der Waals surface area contributed by atoms with Crippen LogP contribution in [0.5, 0.6) is 0 Å². The predicted molar refractivity (Wildman–Crippen MR) is 60.8 cm³/mol. The minimum atomic E-state index is 0.458. The number of rotatable bonds is 1. The monoisotopic (exact) mass is 221 g/mol. The largest absolute Gasteiger partial charge is 0.192 e. The van der Waals surface area contributed by atoms with Gasteiger partial charge in [-0.05, 0) is 40.9 Å². The fourth-order valence-corrected chi connectivity index (χ4v) is 2.63. The highest BCUT2D eigenvalue weighted by Crippen LogP contribution is 2.30. The summed E-state index contributed by atoms with van der Waals surface area (Å²) in [5.41, 5.74) is 2.96. The van der Waals surface area contributed by atoms with E-state index in [0.717, 1.165) is 21.2 Å². The van der Waals surface area contributed by atoms with E-state index in [9.17, 15) is 0 Å². The van der Waals surface area contributed by atoms with Gasteiger partial charge in [0, 0.05) is 5.88 Å². The molecule has 0 aliphatic rings. The second kappa shape index (κ2) is 3.61. The van der Waals surface area contributed by atoms with E-state index in [0.29, 0.717) is 5.88 Å². The first-order chi connectivity index (χ1) is 6.76. The topological polar surface area (TPSA) is 23.8 Å². The van der Waals surface area contributed by atoms with Gasteiger partial charge in [0.1, 0.15) is 6.07 Å². The van der Waals surface area contributed by atoms with Gasteiger partial charge in [-0.2, -0.15) is 5.26 Å². The Hall–Kier alpha value is -1.04. The fraction of sp³-hybridized carbons (Fsp3) is 0.182. The molecule has 2 aromatic rings. The highest BCUT2D eigenvalue weighted by molar-refractivity contribution is 7.17. The van der Waals surface area contributed by atoms with Gasteiger partial charge in [0.2, 0.25) is 0 Å². The van der Waals surface area contributed by atoms with Crippen LogP contribution in [-0.2, 0) is 5.88 Å². The molecule has 1 nitrogen and oxygen atoms in total. The third kappa shape index (κ3) is 1.39. The van der Waals surface area contributed by atoms with Crippen LogP contribution in [-0.4, -0.2) is 0 Å². The Bertz CT molecular complexity index is 522. The number of benzene rings is 1. The minimum absolute atomic E-state index is 0.458. The smallest absolute Gasteiger partial charge is 0.101 e. The summed E-state index contributed by atoms with van der Waals surface area (Å²) in [4.78, 5) is 0. The van der Waals surface area contributed by atoms with Crippen molar-refractivity contribution in [2.24, 2.45) is 0 Å². The van der Waals surface area contributed by atoms with Crippen molar-refractivity contribution in [2.75, 3.05) is 0 Å². The van der Waals surface area contributed by atoms with Crippen LogP contribution in [0.4, 0.5) is 0 Å². The van der Waals surface area contributed by atoms with Gasteiger partial charge < -0.3 is 0 Å². The second-order valence-corrected chi connectivity index (χ2v) is 4.33. The molecule has 14 heavy (non-hydrogen) atoms. The van der Waals surface area contributed by atoms with Gasteiger partial charge in [-0.1, -0.05) is 0 Å². The molecule has 0 saturated heterocycles. The summed E-state index contributed by atoms with van der Waals surface area (Å²) in [6, 6.07) is 6.14. The molecule has 0 aliphatic carbocycles. The molecule has 3 heteroatoms. The molecule has 0 saturated carbocycles. The maximum Gasteiger partial charge on any atom is 0.101 e. The van der Waals surface area contributed by atoms with Crippen molar-refractivity contribution in [2.45, 2.75) is 12.8 Å². The minimum Gasteiger partial charge on any atom is -0.192 e. The first kappa shape index (κ1) is 9.51. The Morgan fingerprint density at radius 2 is 2.29 bits per heavy atom. The van der Waals surface area contributed by atoms with E-state index in [1.807, 2.05) is 6.07 Å². The number of nitrogens with zero attached hydrogens (tertiary/aromatic N) is 1. The molecule has 0 bridgehead atoms. The van der Waals surface area contributed by atoms with Crippen LogP contribution in [0.15, 0.2) is 17.5 Å². The van der Waals surface area contributed by atoms with Crippen LogP contribution in [0.3, 0.4) is 0 Å². The standard InChI is InChI=1S/C11H8ClNS/c1-7-6-14-11-9(5-13)2-8(4-12)3-10(7)11/h2-3,6H,4H2,1H3. The summed E-state index contributed by atoms with van der Waals surface area (Å²) in [5.74, 6) is 0.458. The van der Waals surface area contributed by atoms with Crippen LogP contribution in [0, 0.1) is 18.3 Å². The summed E-state index contributed by atoms with van der Waals surface area (Å²) in [7, 11) is 0. The van der Waals surface area contributed by atoms with Gasteiger partial charge in [-0.25, -0.2) is 0 Å². The fourth-order valence-electron chi connectivity index (χ4n) is 1.48. The Morgan fingerprint density at radius 3 is 2.93 bits per heavy atom. The molecule has 0 unspecified atom stereocenters. The number of halogens is 1. The average Bonchev–Trinajstić information content (AvgIpc) is 2.59. The lowest BCUT2D eigenvalue weighted by Gasteiger charge is -1.99. The third-order valence-electron chi connectivity index (χ3n) is 2.20. The Kier molecular flexibility index (Phi) is 2.45. The Labute approximate surface area is 91.5 Å². The van der Waals surface area contributed by atoms with Crippen LogP contribution >= 0.6 is 22.9 Å². The molecule has 70 valence electrons. The second-order valence-electron chi connectivity index (χ2n) is 3.18. The molecule has 0 N–H and O–H groups in total. The van der Waals surface area contributed by atoms with Crippen molar-refractivity contribution in [1.82, 2.24) is 0 Å². The molecule has 0 amide bonds. The lowest BCUT2D eigenvalue weighted by atomic mass is 10.1. The third-order valence-corrected chi connectivity index (χ3v) is 3.66. The summed E-state index contributed by atoms with van der Waals surface area (Å²) < 4.78 is 1.07. The Morgan fingerprint density at radius 1 is 1.50 bits per heavy atom. The van der Waals surface area contributed by atoms with Crippen molar-refractivity contribution in [3.8, 4) is 6.07 Å². The zero-order chi connectivity index (χ0) is 10.1. The summed E-state index contributed by atoms with van der Waals surface area (Å²) in [5, 5.41) is 12.2.